The fraction of sp³-hybridized carbons (Fsp3) is 0.353. The van der Waals surface area contributed by atoms with Crippen LogP contribution in [0.1, 0.15) is 50.3 Å². The number of nitrogens with one attached hydrogen (secondary N) is 1. The highest BCUT2D eigenvalue weighted by Gasteiger charge is 2.35. The number of carbonyl (C=O) groups is 3. The van der Waals surface area contributed by atoms with Crippen LogP contribution < -0.4 is 5.43 Å². The smallest absolute Gasteiger partial charge is 0.265 e. The summed E-state index contributed by atoms with van der Waals surface area (Å²) in [5.41, 5.74) is 3.86. The van der Waals surface area contributed by atoms with E-state index in [1.54, 1.807) is 12.1 Å². The van der Waals surface area contributed by atoms with Gasteiger partial charge in [0.25, 0.3) is 17.7 Å². The maximum Gasteiger partial charge on any atom is 0.265 e. The van der Waals surface area contributed by atoms with Crippen molar-refractivity contribution in [1.29, 1.82) is 0 Å². The van der Waals surface area contributed by atoms with Gasteiger partial charge < -0.3 is 0 Å². The summed E-state index contributed by atoms with van der Waals surface area (Å²) in [6.45, 7) is 5.39. The molecule has 1 fully saturated rings. The molecule has 6 nitrogen and oxygen atoms in total. The average molecular weight is 313 g/mol. The molecule has 0 atom stereocenters. The van der Waals surface area contributed by atoms with Gasteiger partial charge in [0.2, 0.25) is 0 Å². The van der Waals surface area contributed by atoms with Crippen LogP contribution in [-0.2, 0) is 0 Å². The molecule has 0 aromatic heterocycles. The van der Waals surface area contributed by atoms with Gasteiger partial charge in [-0.15, -0.1) is 6.58 Å². The molecular formula is C17H19N3O3. The number of amides is 3. The first-order chi connectivity index (χ1) is 11.1. The zero-order chi connectivity index (χ0) is 16.4. The molecule has 120 valence electrons. The van der Waals surface area contributed by atoms with Crippen molar-refractivity contribution in [3.8, 4) is 0 Å². The number of benzene rings is 1. The number of hydrogen-bond donors (Lipinski definition) is 1. The van der Waals surface area contributed by atoms with E-state index < -0.39 is 0 Å². The van der Waals surface area contributed by atoms with Crippen molar-refractivity contribution in [3.63, 3.8) is 0 Å². The van der Waals surface area contributed by atoms with Gasteiger partial charge in [0, 0.05) is 25.2 Å². The van der Waals surface area contributed by atoms with E-state index in [2.05, 4.69) is 12.0 Å². The number of nitrogens with zero attached hydrogens (tertiary/aromatic N) is 2. The third-order valence-electron chi connectivity index (χ3n) is 4.16. The Morgan fingerprint density at radius 1 is 1.13 bits per heavy atom. The summed E-state index contributed by atoms with van der Waals surface area (Å²) < 4.78 is 0. The van der Waals surface area contributed by atoms with E-state index in [1.165, 1.54) is 18.6 Å². The number of rotatable bonds is 4. The lowest BCUT2D eigenvalue weighted by atomic mass is 10.1. The minimum absolute atomic E-state index is 0.168. The van der Waals surface area contributed by atoms with Crippen molar-refractivity contribution in [2.75, 3.05) is 19.6 Å². The highest BCUT2D eigenvalue weighted by Crippen LogP contribution is 2.24. The van der Waals surface area contributed by atoms with Gasteiger partial charge in [0.05, 0.1) is 11.1 Å². The number of hydrogen-bond acceptors (Lipinski definition) is 4. The van der Waals surface area contributed by atoms with Gasteiger partial charge in [0.15, 0.2) is 0 Å². The SMILES string of the molecule is C=CCN1C(=O)c2ccc(C(=O)NN3CCCCC3)cc2C1=O. The summed E-state index contributed by atoms with van der Waals surface area (Å²) in [4.78, 5) is 37.9. The van der Waals surface area contributed by atoms with Gasteiger partial charge in [-0.2, -0.15) is 0 Å². The van der Waals surface area contributed by atoms with Gasteiger partial charge in [0.1, 0.15) is 0 Å². The first-order valence-corrected chi connectivity index (χ1v) is 7.79. The molecule has 6 heteroatoms. The van der Waals surface area contributed by atoms with Crippen molar-refractivity contribution < 1.29 is 14.4 Å². The van der Waals surface area contributed by atoms with Crippen molar-refractivity contribution >= 4 is 17.7 Å². The molecule has 3 rings (SSSR count). The van der Waals surface area contributed by atoms with Crippen LogP contribution in [0.3, 0.4) is 0 Å². The Morgan fingerprint density at radius 3 is 2.52 bits per heavy atom. The Hall–Kier alpha value is -2.47. The third kappa shape index (κ3) is 2.90. The molecule has 2 aliphatic rings. The van der Waals surface area contributed by atoms with Crippen molar-refractivity contribution in [1.82, 2.24) is 15.3 Å². The molecule has 1 saturated heterocycles. The van der Waals surface area contributed by atoms with E-state index in [-0.39, 0.29) is 29.8 Å². The molecule has 1 aromatic rings. The van der Waals surface area contributed by atoms with Crippen LogP contribution in [0.15, 0.2) is 30.9 Å². The minimum Gasteiger partial charge on any atom is -0.285 e. The van der Waals surface area contributed by atoms with Crippen LogP contribution >= 0.6 is 0 Å². The van der Waals surface area contributed by atoms with Gasteiger partial charge in [-0.05, 0) is 31.0 Å². The van der Waals surface area contributed by atoms with Gasteiger partial charge in [-0.1, -0.05) is 12.5 Å². The number of piperidine rings is 1. The zero-order valence-corrected chi connectivity index (χ0v) is 12.9. The predicted molar refractivity (Wildman–Crippen MR) is 84.9 cm³/mol. The Bertz CT molecular complexity index is 678. The molecule has 0 radical (unpaired) electrons. The topological polar surface area (TPSA) is 69.7 Å². The molecule has 23 heavy (non-hydrogen) atoms. The van der Waals surface area contributed by atoms with Crippen LogP contribution in [0, 0.1) is 0 Å². The fourth-order valence-corrected chi connectivity index (χ4v) is 2.94. The highest BCUT2D eigenvalue weighted by atomic mass is 16.2. The lowest BCUT2D eigenvalue weighted by Crippen LogP contribution is -2.45. The summed E-state index contributed by atoms with van der Waals surface area (Å²) in [6, 6.07) is 4.63. The normalized spacial score (nSPS) is 18.0. The third-order valence-corrected chi connectivity index (χ3v) is 4.16. The quantitative estimate of drug-likeness (QED) is 0.677. The van der Waals surface area contributed by atoms with Crippen LogP contribution in [0.4, 0.5) is 0 Å². The Morgan fingerprint density at radius 2 is 1.83 bits per heavy atom. The highest BCUT2D eigenvalue weighted by molar-refractivity contribution is 6.22. The maximum absolute atomic E-state index is 12.3. The van der Waals surface area contributed by atoms with Crippen LogP contribution in [-0.4, -0.2) is 47.3 Å². The second kappa shape index (κ2) is 6.34. The van der Waals surface area contributed by atoms with Gasteiger partial charge in [-0.25, -0.2) is 5.01 Å². The Kier molecular flexibility index (Phi) is 4.25. The predicted octanol–water partition coefficient (Wildman–Crippen LogP) is 1.60. The van der Waals surface area contributed by atoms with E-state index >= 15 is 0 Å². The molecule has 0 spiro atoms. The average Bonchev–Trinajstić information content (AvgIpc) is 2.81. The van der Waals surface area contributed by atoms with E-state index in [0.717, 1.165) is 30.8 Å². The van der Waals surface area contributed by atoms with Crippen LogP contribution in [0.25, 0.3) is 0 Å². The monoisotopic (exact) mass is 313 g/mol. The summed E-state index contributed by atoms with van der Waals surface area (Å²) in [5, 5.41) is 1.90. The van der Waals surface area contributed by atoms with E-state index in [1.807, 2.05) is 5.01 Å². The fourth-order valence-electron chi connectivity index (χ4n) is 2.94. The second-order valence-electron chi connectivity index (χ2n) is 5.76. The van der Waals surface area contributed by atoms with Crippen molar-refractivity contribution in [3.05, 3.63) is 47.5 Å². The molecular weight excluding hydrogens is 294 g/mol. The first kappa shape index (κ1) is 15.4. The summed E-state index contributed by atoms with van der Waals surface area (Å²) >= 11 is 0. The van der Waals surface area contributed by atoms with E-state index in [9.17, 15) is 14.4 Å². The Labute approximate surface area is 134 Å². The molecule has 2 heterocycles. The molecule has 3 amide bonds. The first-order valence-electron chi connectivity index (χ1n) is 7.79. The summed E-state index contributed by atoms with van der Waals surface area (Å²) in [6.07, 6.45) is 4.81. The largest absolute Gasteiger partial charge is 0.285 e. The molecule has 0 aliphatic carbocycles. The van der Waals surface area contributed by atoms with Crippen molar-refractivity contribution in [2.45, 2.75) is 19.3 Å². The lowest BCUT2D eigenvalue weighted by molar-refractivity contribution is 0.0671. The van der Waals surface area contributed by atoms with Gasteiger partial charge >= 0.3 is 0 Å². The maximum atomic E-state index is 12.3. The molecule has 0 bridgehead atoms. The van der Waals surface area contributed by atoms with E-state index in [0.29, 0.717) is 11.1 Å². The van der Waals surface area contributed by atoms with E-state index in [4.69, 9.17) is 0 Å². The number of hydrazine groups is 1. The van der Waals surface area contributed by atoms with Crippen molar-refractivity contribution in [2.24, 2.45) is 0 Å². The van der Waals surface area contributed by atoms with Crippen LogP contribution in [0.2, 0.25) is 0 Å². The number of fused-ring (bicyclic) bond motifs is 1. The zero-order valence-electron chi connectivity index (χ0n) is 12.9. The summed E-state index contributed by atoms with van der Waals surface area (Å²) in [7, 11) is 0. The van der Waals surface area contributed by atoms with Crippen LogP contribution in [0.5, 0.6) is 0 Å². The van der Waals surface area contributed by atoms with Gasteiger partial charge in [-0.3, -0.25) is 24.7 Å². The molecule has 1 N–H and O–H groups in total. The molecule has 2 aliphatic heterocycles. The molecule has 1 aromatic carbocycles. The standard InChI is InChI=1S/C17H19N3O3/c1-2-8-20-16(22)13-7-6-12(11-14(13)17(20)23)15(21)18-19-9-4-3-5-10-19/h2,6-7,11H,1,3-5,8-10H2,(H,18,21). The Balaban J connectivity index is 1.79. The lowest BCUT2D eigenvalue weighted by Gasteiger charge is -2.26. The minimum atomic E-state index is -0.377. The summed E-state index contributed by atoms with van der Waals surface area (Å²) in [5.74, 6) is -0.970. The second-order valence-corrected chi connectivity index (χ2v) is 5.76. The number of carbonyl (C=O) groups excluding carboxylic acids is 3. The molecule has 0 unspecified atom stereocenters. The number of imide groups is 1. The molecule has 0 saturated carbocycles.